The third-order valence-electron chi connectivity index (χ3n) is 6.98. The van der Waals surface area contributed by atoms with Gasteiger partial charge in [0.25, 0.3) is 0 Å². The van der Waals surface area contributed by atoms with Crippen molar-refractivity contribution in [3.63, 3.8) is 0 Å². The first kappa shape index (κ1) is 19.1. The minimum absolute atomic E-state index is 0.193. The van der Waals surface area contributed by atoms with E-state index in [1.54, 1.807) is 0 Å². The summed E-state index contributed by atoms with van der Waals surface area (Å²) >= 11 is 1.89. The molecule has 0 amide bonds. The van der Waals surface area contributed by atoms with Crippen LogP contribution in [0.25, 0.3) is 32.6 Å². The third kappa shape index (κ3) is 2.89. The van der Waals surface area contributed by atoms with Gasteiger partial charge >= 0.3 is 0 Å². The van der Waals surface area contributed by atoms with Gasteiger partial charge in [0.15, 0.2) is 6.10 Å². The van der Waals surface area contributed by atoms with E-state index in [9.17, 15) is 0 Å². The van der Waals surface area contributed by atoms with Crippen molar-refractivity contribution in [2.24, 2.45) is 0 Å². The summed E-state index contributed by atoms with van der Waals surface area (Å²) in [6.45, 7) is 2.15. The van der Waals surface area contributed by atoms with Crippen molar-refractivity contribution in [3.05, 3.63) is 106 Å². The Morgan fingerprint density at radius 1 is 0.879 bits per heavy atom. The van der Waals surface area contributed by atoms with Gasteiger partial charge in [-0.15, -0.1) is 11.3 Å². The van der Waals surface area contributed by atoms with Gasteiger partial charge in [0.1, 0.15) is 10.6 Å². The Hall–Kier alpha value is -3.43. The Bertz CT molecular complexity index is 1520. The van der Waals surface area contributed by atoms with Gasteiger partial charge in [-0.05, 0) is 55.0 Å². The molecule has 0 fully saturated rings. The summed E-state index contributed by atoms with van der Waals surface area (Å²) in [5.74, 6) is 0.907. The highest BCUT2D eigenvalue weighted by Crippen LogP contribution is 2.52. The molecule has 3 aromatic carbocycles. The molecule has 0 unspecified atom stereocenters. The summed E-state index contributed by atoms with van der Waals surface area (Å²) in [5.41, 5.74) is 9.84. The monoisotopic (exact) mass is 445 g/mol. The SMILES string of the molecule is Cc1ccc(-c2c3c(nc4sc5c(c24)CCC5)-c2ccccc2O[C@H]3c2ccccc2)cc1. The zero-order chi connectivity index (χ0) is 21.9. The number of hydrogen-bond donors (Lipinski definition) is 0. The number of hydrogen-bond acceptors (Lipinski definition) is 3. The largest absolute Gasteiger partial charge is 0.480 e. The molecule has 1 aliphatic carbocycles. The van der Waals surface area contributed by atoms with Gasteiger partial charge in [-0.3, -0.25) is 0 Å². The number of aryl methyl sites for hydroxylation is 3. The maximum absolute atomic E-state index is 6.74. The van der Waals surface area contributed by atoms with E-state index in [4.69, 9.17) is 9.72 Å². The molecule has 3 heterocycles. The predicted molar refractivity (Wildman–Crippen MR) is 136 cm³/mol. The number of para-hydroxylation sites is 1. The van der Waals surface area contributed by atoms with Crippen LogP contribution in [-0.2, 0) is 12.8 Å². The Morgan fingerprint density at radius 2 is 1.67 bits per heavy atom. The molecule has 5 aromatic rings. The fourth-order valence-corrected chi connectivity index (χ4v) is 6.71. The summed E-state index contributed by atoms with van der Waals surface area (Å²) in [7, 11) is 0. The molecule has 1 aliphatic heterocycles. The van der Waals surface area contributed by atoms with Gasteiger partial charge in [0, 0.05) is 27.0 Å². The third-order valence-corrected chi connectivity index (χ3v) is 8.17. The maximum Gasteiger partial charge on any atom is 0.152 e. The second-order valence-corrected chi connectivity index (χ2v) is 10.1. The van der Waals surface area contributed by atoms with E-state index in [1.807, 2.05) is 17.4 Å². The Morgan fingerprint density at radius 3 is 2.52 bits per heavy atom. The van der Waals surface area contributed by atoms with Gasteiger partial charge in [-0.2, -0.15) is 0 Å². The number of pyridine rings is 1. The number of benzene rings is 3. The molecule has 33 heavy (non-hydrogen) atoms. The second-order valence-electron chi connectivity index (χ2n) is 9.06. The minimum atomic E-state index is -0.193. The minimum Gasteiger partial charge on any atom is -0.480 e. The first-order valence-corrected chi connectivity index (χ1v) is 12.5. The maximum atomic E-state index is 6.74. The average molecular weight is 446 g/mol. The molecule has 0 spiro atoms. The fraction of sp³-hybridized carbons (Fsp3) is 0.167. The van der Waals surface area contributed by atoms with Crippen LogP contribution < -0.4 is 4.74 Å². The molecule has 3 heteroatoms. The lowest BCUT2D eigenvalue weighted by molar-refractivity contribution is 0.243. The number of aromatic nitrogens is 1. The van der Waals surface area contributed by atoms with Gasteiger partial charge in [0.2, 0.25) is 0 Å². The number of nitrogens with zero attached hydrogens (tertiary/aromatic N) is 1. The summed E-state index contributed by atoms with van der Waals surface area (Å²) in [5, 5.41) is 1.35. The molecule has 1 atom stereocenters. The molecule has 0 N–H and O–H groups in total. The van der Waals surface area contributed by atoms with Crippen LogP contribution in [0, 0.1) is 6.92 Å². The standard InChI is InChI=1S/C30H23NOS/c1-18-14-16-19(17-15-18)25-26-22-11-7-13-24(22)33-30(26)31-28-21-10-5-6-12-23(21)32-29(27(25)28)20-8-3-2-4-9-20/h2-6,8-10,12,14-17,29H,7,11,13H2,1H3/t29-/m0/s1. The molecule has 2 nitrogen and oxygen atoms in total. The van der Waals surface area contributed by atoms with Gasteiger partial charge < -0.3 is 4.74 Å². The van der Waals surface area contributed by atoms with E-state index in [2.05, 4.69) is 79.7 Å². The van der Waals surface area contributed by atoms with Crippen LogP contribution in [0.1, 0.15) is 39.7 Å². The van der Waals surface area contributed by atoms with Crippen molar-refractivity contribution in [2.75, 3.05) is 0 Å². The zero-order valence-corrected chi connectivity index (χ0v) is 19.3. The van der Waals surface area contributed by atoms with E-state index in [-0.39, 0.29) is 6.10 Å². The second kappa shape index (κ2) is 7.29. The average Bonchev–Trinajstić information content (AvgIpc) is 3.45. The molecular weight excluding hydrogens is 422 g/mol. The molecule has 7 rings (SSSR count). The van der Waals surface area contributed by atoms with E-state index in [0.717, 1.165) is 33.8 Å². The van der Waals surface area contributed by atoms with Crippen LogP contribution in [0.3, 0.4) is 0 Å². The summed E-state index contributed by atoms with van der Waals surface area (Å²) in [6.07, 6.45) is 3.36. The van der Waals surface area contributed by atoms with E-state index < -0.39 is 0 Å². The van der Waals surface area contributed by atoms with Crippen LogP contribution in [-0.4, -0.2) is 4.98 Å². The zero-order valence-electron chi connectivity index (χ0n) is 18.5. The number of ether oxygens (including phenoxy) is 1. The number of rotatable bonds is 2. The van der Waals surface area contributed by atoms with Crippen LogP contribution in [0.4, 0.5) is 0 Å². The Labute approximate surface area is 197 Å². The van der Waals surface area contributed by atoms with Crippen LogP contribution in [0.2, 0.25) is 0 Å². The van der Waals surface area contributed by atoms with Gasteiger partial charge in [0.05, 0.1) is 5.69 Å². The molecule has 0 radical (unpaired) electrons. The molecule has 0 saturated carbocycles. The molecule has 0 bridgehead atoms. The van der Waals surface area contributed by atoms with Crippen LogP contribution >= 0.6 is 11.3 Å². The van der Waals surface area contributed by atoms with E-state index >= 15 is 0 Å². The highest BCUT2D eigenvalue weighted by atomic mass is 32.1. The lowest BCUT2D eigenvalue weighted by atomic mass is 9.85. The summed E-state index contributed by atoms with van der Waals surface area (Å²) in [4.78, 5) is 8.02. The van der Waals surface area contributed by atoms with Crippen molar-refractivity contribution in [1.82, 2.24) is 4.98 Å². The van der Waals surface area contributed by atoms with Crippen molar-refractivity contribution in [1.29, 1.82) is 0 Å². The molecule has 0 saturated heterocycles. The lowest BCUT2D eigenvalue weighted by Gasteiger charge is -2.31. The summed E-state index contributed by atoms with van der Waals surface area (Å²) in [6, 6.07) is 27.9. The predicted octanol–water partition coefficient (Wildman–Crippen LogP) is 7.91. The Kier molecular flexibility index (Phi) is 4.22. The number of thiophene rings is 1. The van der Waals surface area contributed by atoms with E-state index in [1.165, 1.54) is 50.9 Å². The smallest absolute Gasteiger partial charge is 0.152 e. The summed E-state index contributed by atoms with van der Waals surface area (Å²) < 4.78 is 6.74. The van der Waals surface area contributed by atoms with Crippen molar-refractivity contribution in [3.8, 4) is 28.1 Å². The fourth-order valence-electron chi connectivity index (χ4n) is 5.44. The first-order valence-electron chi connectivity index (χ1n) is 11.6. The van der Waals surface area contributed by atoms with E-state index in [0.29, 0.717) is 0 Å². The van der Waals surface area contributed by atoms with Gasteiger partial charge in [-0.1, -0.05) is 72.3 Å². The van der Waals surface area contributed by atoms with Crippen molar-refractivity contribution < 1.29 is 4.74 Å². The van der Waals surface area contributed by atoms with Crippen molar-refractivity contribution >= 4 is 21.6 Å². The molecule has 160 valence electrons. The van der Waals surface area contributed by atoms with Crippen molar-refractivity contribution in [2.45, 2.75) is 32.3 Å². The molecule has 2 aromatic heterocycles. The van der Waals surface area contributed by atoms with Crippen LogP contribution in [0.5, 0.6) is 5.75 Å². The molecular formula is C30H23NOS. The van der Waals surface area contributed by atoms with Gasteiger partial charge in [-0.25, -0.2) is 4.98 Å². The molecule has 2 aliphatic rings. The lowest BCUT2D eigenvalue weighted by Crippen LogP contribution is -2.18. The normalized spacial score (nSPS) is 16.2. The number of fused-ring (bicyclic) bond motifs is 6. The quantitative estimate of drug-likeness (QED) is 0.275. The topological polar surface area (TPSA) is 22.1 Å². The Balaban J connectivity index is 1.64. The highest BCUT2D eigenvalue weighted by molar-refractivity contribution is 7.19. The van der Waals surface area contributed by atoms with Crippen LogP contribution in [0.15, 0.2) is 78.9 Å². The highest BCUT2D eigenvalue weighted by Gasteiger charge is 2.34. The first-order chi connectivity index (χ1) is 16.3.